The van der Waals surface area contributed by atoms with Gasteiger partial charge in [0, 0.05) is 24.4 Å². The van der Waals surface area contributed by atoms with Gasteiger partial charge in [0.2, 0.25) is 0 Å². The first-order valence-electron chi connectivity index (χ1n) is 7.56. The van der Waals surface area contributed by atoms with Gasteiger partial charge in [-0.05, 0) is 45.9 Å². The maximum Gasteiger partial charge on any atom is 0.412 e. The van der Waals surface area contributed by atoms with Crippen LogP contribution < -0.4 is 10.6 Å². The molecular formula is C17H22N4O3. The van der Waals surface area contributed by atoms with Crippen molar-refractivity contribution >= 4 is 23.5 Å². The summed E-state index contributed by atoms with van der Waals surface area (Å²) in [5.41, 5.74) is 1.13. The van der Waals surface area contributed by atoms with Crippen molar-refractivity contribution in [2.75, 3.05) is 10.6 Å². The summed E-state index contributed by atoms with van der Waals surface area (Å²) in [6, 6.07) is 8.41. The van der Waals surface area contributed by atoms with Crippen molar-refractivity contribution < 1.29 is 14.3 Å². The molecule has 0 saturated carbocycles. The molecule has 2 rings (SSSR count). The Labute approximate surface area is 141 Å². The van der Waals surface area contributed by atoms with Gasteiger partial charge < -0.3 is 10.1 Å². The monoisotopic (exact) mass is 330 g/mol. The third-order valence-corrected chi connectivity index (χ3v) is 3.01. The molecule has 0 aliphatic rings. The molecule has 0 fully saturated rings. The molecule has 1 heterocycles. The van der Waals surface area contributed by atoms with Crippen LogP contribution in [0, 0.1) is 6.92 Å². The van der Waals surface area contributed by atoms with Crippen LogP contribution in [0.15, 0.2) is 30.3 Å². The number of amides is 2. The Balaban J connectivity index is 2.08. The van der Waals surface area contributed by atoms with Crippen LogP contribution in [-0.2, 0) is 11.8 Å². The molecule has 1 aromatic heterocycles. The van der Waals surface area contributed by atoms with Gasteiger partial charge in [-0.25, -0.2) is 4.79 Å². The van der Waals surface area contributed by atoms with Crippen LogP contribution in [-0.4, -0.2) is 27.4 Å². The standard InChI is InChI=1S/C17H22N4O3/c1-11-9-14(21(5)20-11)19-15(22)12-7-6-8-13(10-12)18-16(23)24-17(2,3)4/h6-10H,1-5H3,(H,18,23)(H,19,22). The summed E-state index contributed by atoms with van der Waals surface area (Å²) < 4.78 is 6.79. The van der Waals surface area contributed by atoms with Crippen molar-refractivity contribution in [1.29, 1.82) is 0 Å². The van der Waals surface area contributed by atoms with Crippen LogP contribution in [0.2, 0.25) is 0 Å². The Morgan fingerprint density at radius 3 is 2.46 bits per heavy atom. The number of carbonyl (C=O) groups excluding carboxylic acids is 2. The zero-order valence-corrected chi connectivity index (χ0v) is 14.5. The lowest BCUT2D eigenvalue weighted by atomic mass is 10.2. The molecule has 0 aliphatic carbocycles. The number of rotatable bonds is 3. The predicted molar refractivity (Wildman–Crippen MR) is 92.2 cm³/mol. The van der Waals surface area contributed by atoms with Crippen LogP contribution in [0.5, 0.6) is 0 Å². The molecule has 128 valence electrons. The lowest BCUT2D eigenvalue weighted by Gasteiger charge is -2.19. The molecule has 0 spiro atoms. The van der Waals surface area contributed by atoms with E-state index in [4.69, 9.17) is 4.74 Å². The highest BCUT2D eigenvalue weighted by atomic mass is 16.6. The molecular weight excluding hydrogens is 308 g/mol. The average molecular weight is 330 g/mol. The Kier molecular flexibility index (Phi) is 4.92. The van der Waals surface area contributed by atoms with Crippen molar-refractivity contribution in [2.24, 2.45) is 7.05 Å². The lowest BCUT2D eigenvalue weighted by Crippen LogP contribution is -2.27. The number of benzene rings is 1. The van der Waals surface area contributed by atoms with Crippen LogP contribution in [0.3, 0.4) is 0 Å². The number of nitrogens with one attached hydrogen (secondary N) is 2. The number of hydrogen-bond donors (Lipinski definition) is 2. The number of carbonyl (C=O) groups is 2. The highest BCUT2D eigenvalue weighted by molar-refractivity contribution is 6.04. The van der Waals surface area contributed by atoms with E-state index in [1.165, 1.54) is 0 Å². The summed E-state index contributed by atoms with van der Waals surface area (Å²) in [5, 5.41) is 9.58. The Morgan fingerprint density at radius 1 is 1.17 bits per heavy atom. The molecule has 2 N–H and O–H groups in total. The van der Waals surface area contributed by atoms with Gasteiger partial charge >= 0.3 is 6.09 Å². The third-order valence-electron chi connectivity index (χ3n) is 3.01. The van der Waals surface area contributed by atoms with Gasteiger partial charge in [0.25, 0.3) is 5.91 Å². The van der Waals surface area contributed by atoms with Crippen molar-refractivity contribution in [3.05, 3.63) is 41.6 Å². The molecule has 1 aromatic carbocycles. The van der Waals surface area contributed by atoms with Gasteiger partial charge in [-0.2, -0.15) is 5.10 Å². The van der Waals surface area contributed by atoms with Gasteiger partial charge in [0.1, 0.15) is 11.4 Å². The minimum Gasteiger partial charge on any atom is -0.444 e. The Hall–Kier alpha value is -2.83. The molecule has 2 aromatic rings. The zero-order chi connectivity index (χ0) is 17.9. The summed E-state index contributed by atoms with van der Waals surface area (Å²) in [6.45, 7) is 7.20. The minimum absolute atomic E-state index is 0.286. The van der Waals surface area contributed by atoms with Gasteiger partial charge in [0.05, 0.1) is 5.69 Å². The quantitative estimate of drug-likeness (QED) is 0.904. The second-order valence-corrected chi connectivity index (χ2v) is 6.46. The lowest BCUT2D eigenvalue weighted by molar-refractivity contribution is 0.0635. The molecule has 0 unspecified atom stereocenters. The van der Waals surface area contributed by atoms with Crippen LogP contribution >= 0.6 is 0 Å². The predicted octanol–water partition coefficient (Wildman–Crippen LogP) is 3.33. The molecule has 24 heavy (non-hydrogen) atoms. The number of nitrogens with zero attached hydrogens (tertiary/aromatic N) is 2. The smallest absolute Gasteiger partial charge is 0.412 e. The number of aromatic nitrogens is 2. The second kappa shape index (κ2) is 6.74. The van der Waals surface area contributed by atoms with E-state index in [1.54, 1.807) is 62.8 Å². The summed E-state index contributed by atoms with van der Waals surface area (Å²) in [7, 11) is 1.75. The maximum absolute atomic E-state index is 12.3. The van der Waals surface area contributed by atoms with Gasteiger partial charge in [-0.3, -0.25) is 14.8 Å². The molecule has 0 atom stereocenters. The first-order chi connectivity index (χ1) is 11.1. The number of ether oxygens (including phenoxy) is 1. The van der Waals surface area contributed by atoms with E-state index in [2.05, 4.69) is 15.7 Å². The van der Waals surface area contributed by atoms with E-state index in [0.717, 1.165) is 5.69 Å². The van der Waals surface area contributed by atoms with Crippen molar-refractivity contribution in [1.82, 2.24) is 9.78 Å². The molecule has 2 amide bonds. The van der Waals surface area contributed by atoms with E-state index < -0.39 is 11.7 Å². The van der Waals surface area contributed by atoms with E-state index >= 15 is 0 Å². The largest absolute Gasteiger partial charge is 0.444 e. The summed E-state index contributed by atoms with van der Waals surface area (Å²) >= 11 is 0. The highest BCUT2D eigenvalue weighted by Crippen LogP contribution is 2.15. The SMILES string of the molecule is Cc1cc(NC(=O)c2cccc(NC(=O)OC(C)(C)C)c2)n(C)n1. The number of anilines is 2. The first kappa shape index (κ1) is 17.5. The summed E-state index contributed by atoms with van der Waals surface area (Å²) in [5.74, 6) is 0.314. The molecule has 0 saturated heterocycles. The summed E-state index contributed by atoms with van der Waals surface area (Å²) in [4.78, 5) is 24.1. The Morgan fingerprint density at radius 2 is 1.88 bits per heavy atom. The molecule has 0 radical (unpaired) electrons. The van der Waals surface area contributed by atoms with Gasteiger partial charge in [-0.1, -0.05) is 6.07 Å². The number of hydrogen-bond acceptors (Lipinski definition) is 4. The van der Waals surface area contributed by atoms with Crippen molar-refractivity contribution in [3.8, 4) is 0 Å². The maximum atomic E-state index is 12.3. The zero-order valence-electron chi connectivity index (χ0n) is 14.5. The average Bonchev–Trinajstić information content (AvgIpc) is 2.74. The van der Waals surface area contributed by atoms with E-state index in [0.29, 0.717) is 17.1 Å². The van der Waals surface area contributed by atoms with Crippen LogP contribution in [0.1, 0.15) is 36.8 Å². The molecule has 0 bridgehead atoms. The topological polar surface area (TPSA) is 85.3 Å². The van der Waals surface area contributed by atoms with Crippen LogP contribution in [0.25, 0.3) is 0 Å². The summed E-state index contributed by atoms with van der Waals surface area (Å²) in [6.07, 6.45) is -0.567. The highest BCUT2D eigenvalue weighted by Gasteiger charge is 2.17. The fraction of sp³-hybridized carbons (Fsp3) is 0.353. The number of aryl methyl sites for hydroxylation is 2. The van der Waals surface area contributed by atoms with Gasteiger partial charge in [-0.15, -0.1) is 0 Å². The van der Waals surface area contributed by atoms with Crippen molar-refractivity contribution in [2.45, 2.75) is 33.3 Å². The second-order valence-electron chi connectivity index (χ2n) is 6.46. The third kappa shape index (κ3) is 4.84. The fourth-order valence-corrected chi connectivity index (χ4v) is 2.08. The van der Waals surface area contributed by atoms with Crippen molar-refractivity contribution in [3.63, 3.8) is 0 Å². The molecule has 0 aliphatic heterocycles. The molecule has 7 nitrogen and oxygen atoms in total. The first-order valence-corrected chi connectivity index (χ1v) is 7.56. The van der Waals surface area contributed by atoms with Crippen LogP contribution in [0.4, 0.5) is 16.3 Å². The van der Waals surface area contributed by atoms with Gasteiger partial charge in [0.15, 0.2) is 0 Å². The van der Waals surface area contributed by atoms with E-state index in [9.17, 15) is 9.59 Å². The normalized spacial score (nSPS) is 11.0. The minimum atomic E-state index is -0.587. The van der Waals surface area contributed by atoms with E-state index in [-0.39, 0.29) is 5.91 Å². The fourth-order valence-electron chi connectivity index (χ4n) is 2.08. The Bertz CT molecular complexity index is 759. The molecule has 7 heteroatoms. The van der Waals surface area contributed by atoms with E-state index in [1.807, 2.05) is 6.92 Å².